The summed E-state index contributed by atoms with van der Waals surface area (Å²) in [5.41, 5.74) is 0.789. The van der Waals surface area contributed by atoms with Crippen molar-refractivity contribution >= 4 is 17.3 Å². The van der Waals surface area contributed by atoms with Gasteiger partial charge >= 0.3 is 0 Å². The second kappa shape index (κ2) is 5.22. The predicted octanol–water partition coefficient (Wildman–Crippen LogP) is 2.11. The molecule has 0 spiro atoms. The maximum atomic E-state index is 10.7. The molecule has 1 fully saturated rings. The van der Waals surface area contributed by atoms with Crippen molar-refractivity contribution in [3.05, 3.63) is 38.9 Å². The second-order valence-corrected chi connectivity index (χ2v) is 5.21. The molecule has 1 aromatic rings. The van der Waals surface area contributed by atoms with Crippen LogP contribution >= 0.6 is 11.6 Å². The summed E-state index contributed by atoms with van der Waals surface area (Å²) in [6, 6.07) is 4.78. The van der Waals surface area contributed by atoms with E-state index in [0.717, 1.165) is 24.9 Å². The van der Waals surface area contributed by atoms with Gasteiger partial charge in [-0.3, -0.25) is 10.1 Å². The molecule has 1 aromatic carbocycles. The minimum absolute atomic E-state index is 0.0400. The molecule has 0 aromatic heterocycles. The third-order valence-corrected chi connectivity index (χ3v) is 3.65. The fourth-order valence-electron chi connectivity index (χ4n) is 1.85. The Morgan fingerprint density at radius 2 is 2.22 bits per heavy atom. The first-order chi connectivity index (χ1) is 8.56. The van der Waals surface area contributed by atoms with Crippen molar-refractivity contribution in [2.75, 3.05) is 13.2 Å². The quantitative estimate of drug-likeness (QED) is 0.613. The normalized spacial score (nSPS) is 16.6. The number of aliphatic hydroxyl groups excluding tert-OH is 1. The van der Waals surface area contributed by atoms with Crippen LogP contribution in [0.25, 0.3) is 0 Å². The van der Waals surface area contributed by atoms with E-state index in [9.17, 15) is 10.1 Å². The molecule has 1 saturated carbocycles. The van der Waals surface area contributed by atoms with Crippen molar-refractivity contribution < 1.29 is 10.0 Å². The molecule has 1 aliphatic rings. The number of hydrogen-bond acceptors (Lipinski definition) is 4. The van der Waals surface area contributed by atoms with Crippen LogP contribution in [0, 0.1) is 15.5 Å². The van der Waals surface area contributed by atoms with Gasteiger partial charge in [0.15, 0.2) is 0 Å². The molecule has 18 heavy (non-hydrogen) atoms. The van der Waals surface area contributed by atoms with E-state index in [1.807, 2.05) is 0 Å². The number of aliphatic hydroxyl groups is 1. The Morgan fingerprint density at radius 3 is 2.78 bits per heavy atom. The van der Waals surface area contributed by atoms with E-state index in [1.165, 1.54) is 12.1 Å². The maximum absolute atomic E-state index is 10.7. The van der Waals surface area contributed by atoms with Crippen LogP contribution in [-0.4, -0.2) is 23.2 Å². The van der Waals surface area contributed by atoms with Gasteiger partial charge in [0, 0.05) is 31.2 Å². The molecule has 0 amide bonds. The molecule has 5 nitrogen and oxygen atoms in total. The highest BCUT2D eigenvalue weighted by Crippen LogP contribution is 2.44. The predicted molar refractivity (Wildman–Crippen MR) is 68.6 cm³/mol. The van der Waals surface area contributed by atoms with Crippen molar-refractivity contribution in [3.8, 4) is 0 Å². The minimum atomic E-state index is -0.484. The third kappa shape index (κ3) is 2.98. The molecule has 0 heterocycles. The van der Waals surface area contributed by atoms with Gasteiger partial charge in [-0.25, -0.2) is 0 Å². The Labute approximate surface area is 110 Å². The first-order valence-corrected chi connectivity index (χ1v) is 6.18. The number of halogens is 1. The lowest BCUT2D eigenvalue weighted by Gasteiger charge is -2.12. The first-order valence-electron chi connectivity index (χ1n) is 5.81. The van der Waals surface area contributed by atoms with Crippen molar-refractivity contribution in [2.24, 2.45) is 5.41 Å². The summed E-state index contributed by atoms with van der Waals surface area (Å²) in [4.78, 5) is 10.2. The van der Waals surface area contributed by atoms with E-state index < -0.39 is 4.92 Å². The topological polar surface area (TPSA) is 75.4 Å². The van der Waals surface area contributed by atoms with Crippen LogP contribution in [0.1, 0.15) is 18.4 Å². The zero-order chi connectivity index (χ0) is 13.2. The summed E-state index contributed by atoms with van der Waals surface area (Å²) in [5.74, 6) is 0. The van der Waals surface area contributed by atoms with Crippen LogP contribution in [0.2, 0.25) is 5.02 Å². The van der Waals surface area contributed by atoms with Crippen molar-refractivity contribution in [3.63, 3.8) is 0 Å². The van der Waals surface area contributed by atoms with Crippen LogP contribution < -0.4 is 5.32 Å². The van der Waals surface area contributed by atoms with E-state index in [2.05, 4.69) is 5.32 Å². The van der Waals surface area contributed by atoms with Crippen molar-refractivity contribution in [2.45, 2.75) is 19.4 Å². The molecule has 1 aliphatic carbocycles. The largest absolute Gasteiger partial charge is 0.396 e. The van der Waals surface area contributed by atoms with Gasteiger partial charge in [0.1, 0.15) is 5.02 Å². The van der Waals surface area contributed by atoms with E-state index in [1.54, 1.807) is 6.07 Å². The highest BCUT2D eigenvalue weighted by atomic mass is 35.5. The lowest BCUT2D eigenvalue weighted by molar-refractivity contribution is -0.384. The molecular formula is C12H15ClN2O3. The Kier molecular flexibility index (Phi) is 3.85. The molecule has 2 rings (SSSR count). The van der Waals surface area contributed by atoms with Gasteiger partial charge in [0.2, 0.25) is 0 Å². The number of hydrogen-bond donors (Lipinski definition) is 2. The SMILES string of the molecule is O=[N+]([O-])c1cc(CNCC2(CO)CC2)ccc1Cl. The van der Waals surface area contributed by atoms with Crippen LogP contribution in [-0.2, 0) is 6.54 Å². The van der Waals surface area contributed by atoms with Crippen molar-refractivity contribution in [1.82, 2.24) is 5.32 Å². The van der Waals surface area contributed by atoms with Crippen molar-refractivity contribution in [1.29, 1.82) is 0 Å². The molecule has 6 heteroatoms. The summed E-state index contributed by atoms with van der Waals surface area (Å²) in [6.45, 7) is 1.47. The Morgan fingerprint density at radius 1 is 1.50 bits per heavy atom. The molecule has 0 saturated heterocycles. The van der Waals surface area contributed by atoms with Gasteiger partial charge in [-0.05, 0) is 24.5 Å². The number of nitro benzene ring substituents is 1. The Balaban J connectivity index is 1.93. The van der Waals surface area contributed by atoms with E-state index >= 15 is 0 Å². The molecule has 2 N–H and O–H groups in total. The average Bonchev–Trinajstić information content (AvgIpc) is 3.11. The molecule has 0 atom stereocenters. The zero-order valence-electron chi connectivity index (χ0n) is 9.86. The van der Waals surface area contributed by atoms with Gasteiger partial charge in [-0.2, -0.15) is 0 Å². The number of rotatable bonds is 6. The number of nitrogens with one attached hydrogen (secondary N) is 1. The van der Waals surface area contributed by atoms with Gasteiger partial charge in [-0.1, -0.05) is 17.7 Å². The van der Waals surface area contributed by atoms with Crippen LogP contribution in [0.3, 0.4) is 0 Å². The fraction of sp³-hybridized carbons (Fsp3) is 0.500. The van der Waals surface area contributed by atoms with Gasteiger partial charge in [0.05, 0.1) is 4.92 Å². The van der Waals surface area contributed by atoms with Gasteiger partial charge in [-0.15, -0.1) is 0 Å². The molecular weight excluding hydrogens is 256 g/mol. The highest BCUT2D eigenvalue weighted by molar-refractivity contribution is 6.32. The summed E-state index contributed by atoms with van der Waals surface area (Å²) in [5, 5.41) is 23.3. The average molecular weight is 271 g/mol. The number of nitrogens with zero attached hydrogens (tertiary/aromatic N) is 1. The van der Waals surface area contributed by atoms with Crippen LogP contribution in [0.4, 0.5) is 5.69 Å². The fourth-order valence-corrected chi connectivity index (χ4v) is 2.03. The Hall–Kier alpha value is -1.17. The third-order valence-electron chi connectivity index (χ3n) is 3.33. The summed E-state index contributed by atoms with van der Waals surface area (Å²) in [6.07, 6.45) is 2.08. The van der Waals surface area contributed by atoms with Gasteiger partial charge in [0.25, 0.3) is 5.69 Å². The lowest BCUT2D eigenvalue weighted by atomic mass is 10.1. The van der Waals surface area contributed by atoms with Gasteiger partial charge < -0.3 is 10.4 Å². The molecule has 0 bridgehead atoms. The smallest absolute Gasteiger partial charge is 0.288 e. The molecule has 0 unspecified atom stereocenters. The number of nitro groups is 1. The zero-order valence-corrected chi connectivity index (χ0v) is 10.6. The second-order valence-electron chi connectivity index (χ2n) is 4.80. The minimum Gasteiger partial charge on any atom is -0.396 e. The monoisotopic (exact) mass is 270 g/mol. The van der Waals surface area contributed by atoms with E-state index in [0.29, 0.717) is 6.54 Å². The lowest BCUT2D eigenvalue weighted by Crippen LogP contribution is -2.26. The standard InChI is InChI=1S/C12H15ClN2O3/c13-10-2-1-9(5-11(10)15(17)18)6-14-7-12(8-16)3-4-12/h1-2,5,14,16H,3-4,6-8H2. The van der Waals surface area contributed by atoms with E-state index in [-0.39, 0.29) is 22.7 Å². The van der Waals surface area contributed by atoms with Crippen LogP contribution in [0.15, 0.2) is 18.2 Å². The van der Waals surface area contributed by atoms with Crippen LogP contribution in [0.5, 0.6) is 0 Å². The van der Waals surface area contributed by atoms with E-state index in [4.69, 9.17) is 16.7 Å². The maximum Gasteiger partial charge on any atom is 0.288 e. The first kappa shape index (κ1) is 13.3. The molecule has 0 aliphatic heterocycles. The summed E-state index contributed by atoms with van der Waals surface area (Å²) in [7, 11) is 0. The number of benzene rings is 1. The summed E-state index contributed by atoms with van der Waals surface area (Å²) < 4.78 is 0. The Bertz CT molecular complexity index is 461. The highest BCUT2D eigenvalue weighted by Gasteiger charge is 2.41. The molecule has 98 valence electrons. The molecule has 0 radical (unpaired) electrons. The summed E-state index contributed by atoms with van der Waals surface area (Å²) >= 11 is 5.74.